The summed E-state index contributed by atoms with van der Waals surface area (Å²) in [5.74, 6) is 1.33. The second-order valence-electron chi connectivity index (χ2n) is 6.66. The van der Waals surface area contributed by atoms with Crippen molar-refractivity contribution in [1.82, 2.24) is 10.2 Å². The fourth-order valence-electron chi connectivity index (χ4n) is 3.22. The summed E-state index contributed by atoms with van der Waals surface area (Å²) in [7, 11) is 0. The lowest BCUT2D eigenvalue weighted by molar-refractivity contribution is 0.0712. The van der Waals surface area contributed by atoms with E-state index in [1.165, 1.54) is 6.42 Å². The van der Waals surface area contributed by atoms with E-state index >= 15 is 0 Å². The van der Waals surface area contributed by atoms with Crippen LogP contribution in [0.2, 0.25) is 0 Å². The van der Waals surface area contributed by atoms with Gasteiger partial charge in [-0.3, -0.25) is 0 Å². The Kier molecular flexibility index (Phi) is 6.87. The Labute approximate surface area is 146 Å². The van der Waals surface area contributed by atoms with E-state index in [9.17, 15) is 9.90 Å². The van der Waals surface area contributed by atoms with Crippen molar-refractivity contribution < 1.29 is 9.90 Å². The van der Waals surface area contributed by atoms with Crippen LogP contribution in [0.5, 0.6) is 0 Å². The minimum Gasteiger partial charge on any atom is -0.390 e. The number of aliphatic hydroxyl groups excluding tert-OH is 1. The van der Waals surface area contributed by atoms with Gasteiger partial charge in [-0.1, -0.05) is 29.8 Å². The van der Waals surface area contributed by atoms with E-state index in [1.54, 1.807) is 0 Å². The van der Waals surface area contributed by atoms with Crippen molar-refractivity contribution in [3.05, 3.63) is 28.7 Å². The zero-order valence-electron chi connectivity index (χ0n) is 13.8. The molecule has 1 fully saturated rings. The van der Waals surface area contributed by atoms with E-state index in [-0.39, 0.29) is 12.6 Å². The van der Waals surface area contributed by atoms with Crippen molar-refractivity contribution in [1.29, 1.82) is 0 Å². The molecule has 5 nitrogen and oxygen atoms in total. The second kappa shape index (κ2) is 8.66. The average molecular weight is 384 g/mol. The molecule has 1 heterocycles. The summed E-state index contributed by atoms with van der Waals surface area (Å²) >= 11 is 3.35. The van der Waals surface area contributed by atoms with Gasteiger partial charge in [-0.2, -0.15) is 0 Å². The Morgan fingerprint density at radius 2 is 1.91 bits per heavy atom. The van der Waals surface area contributed by atoms with Gasteiger partial charge < -0.3 is 20.6 Å². The van der Waals surface area contributed by atoms with E-state index in [0.717, 1.165) is 23.2 Å². The van der Waals surface area contributed by atoms with Crippen LogP contribution in [-0.2, 0) is 0 Å². The number of hydrogen-bond donors (Lipinski definition) is 3. The smallest absolute Gasteiger partial charge is 0.319 e. The van der Waals surface area contributed by atoms with Crippen LogP contribution in [0.4, 0.5) is 10.5 Å². The monoisotopic (exact) mass is 383 g/mol. The lowest BCUT2D eigenvalue weighted by Crippen LogP contribution is -2.46. The van der Waals surface area contributed by atoms with E-state index < -0.39 is 6.10 Å². The van der Waals surface area contributed by atoms with Crippen molar-refractivity contribution in [3.63, 3.8) is 0 Å². The summed E-state index contributed by atoms with van der Waals surface area (Å²) in [5, 5.41) is 15.6. The number of nitrogens with zero attached hydrogens (tertiary/aromatic N) is 1. The maximum absolute atomic E-state index is 11.8. The van der Waals surface area contributed by atoms with Gasteiger partial charge in [0.05, 0.1) is 6.10 Å². The number of likely N-dealkylation sites (tertiary alicyclic amines) is 1. The Morgan fingerprint density at radius 1 is 1.30 bits per heavy atom. The van der Waals surface area contributed by atoms with Gasteiger partial charge >= 0.3 is 6.03 Å². The lowest BCUT2D eigenvalue weighted by Gasteiger charge is -2.36. The number of nitrogens with one attached hydrogen (secondary N) is 2. The van der Waals surface area contributed by atoms with Gasteiger partial charge in [-0.15, -0.1) is 0 Å². The highest BCUT2D eigenvalue weighted by Crippen LogP contribution is 2.20. The van der Waals surface area contributed by atoms with E-state index in [1.807, 2.05) is 24.3 Å². The maximum atomic E-state index is 11.8. The highest BCUT2D eigenvalue weighted by atomic mass is 79.9. The summed E-state index contributed by atoms with van der Waals surface area (Å²) in [4.78, 5) is 14.1. The van der Waals surface area contributed by atoms with Gasteiger partial charge in [0, 0.05) is 36.3 Å². The minimum absolute atomic E-state index is 0.252. The lowest BCUT2D eigenvalue weighted by atomic mass is 9.92. The van der Waals surface area contributed by atoms with E-state index in [4.69, 9.17) is 0 Å². The number of carbonyl (C=O) groups excluding carboxylic acids is 1. The SMILES string of the molecule is CC1CC(C)CN(CC(O)CNC(=O)Nc2ccc(Br)cc2)C1. The highest BCUT2D eigenvalue weighted by molar-refractivity contribution is 9.10. The molecule has 128 valence electrons. The predicted octanol–water partition coefficient (Wildman–Crippen LogP) is 2.91. The van der Waals surface area contributed by atoms with Crippen LogP contribution in [-0.4, -0.2) is 48.3 Å². The Balaban J connectivity index is 1.70. The summed E-state index contributed by atoms with van der Waals surface area (Å²) in [6.07, 6.45) is 0.698. The van der Waals surface area contributed by atoms with Crippen molar-refractivity contribution in [2.24, 2.45) is 11.8 Å². The molecule has 3 N–H and O–H groups in total. The molecule has 23 heavy (non-hydrogen) atoms. The molecule has 1 aliphatic rings. The normalized spacial score (nSPS) is 23.3. The topological polar surface area (TPSA) is 64.6 Å². The number of piperidine rings is 1. The van der Waals surface area contributed by atoms with Crippen LogP contribution in [0, 0.1) is 11.8 Å². The minimum atomic E-state index is -0.553. The molecule has 0 aromatic heterocycles. The van der Waals surface area contributed by atoms with Gasteiger partial charge in [-0.05, 0) is 42.5 Å². The molecule has 0 radical (unpaired) electrons. The van der Waals surface area contributed by atoms with Crippen molar-refractivity contribution in [2.75, 3.05) is 31.5 Å². The van der Waals surface area contributed by atoms with Crippen LogP contribution < -0.4 is 10.6 Å². The number of hydrogen-bond acceptors (Lipinski definition) is 3. The number of benzene rings is 1. The summed E-state index contributed by atoms with van der Waals surface area (Å²) in [6.45, 7) is 7.39. The molecule has 1 aromatic rings. The first kappa shape index (κ1) is 18.2. The molecule has 3 atom stereocenters. The number of anilines is 1. The number of carbonyl (C=O) groups is 1. The Hall–Kier alpha value is -1.11. The summed E-state index contributed by atoms with van der Waals surface area (Å²) in [5.41, 5.74) is 0.721. The molecule has 1 aromatic carbocycles. The van der Waals surface area contributed by atoms with Gasteiger partial charge in [-0.25, -0.2) is 4.79 Å². The Bertz CT molecular complexity index is 499. The molecule has 0 saturated carbocycles. The molecular formula is C17H26BrN3O2. The fourth-order valence-corrected chi connectivity index (χ4v) is 3.49. The van der Waals surface area contributed by atoms with Crippen LogP contribution in [0.25, 0.3) is 0 Å². The molecule has 2 rings (SSSR count). The third-order valence-electron chi connectivity index (χ3n) is 4.01. The molecule has 3 unspecified atom stereocenters. The number of rotatable bonds is 5. The second-order valence-corrected chi connectivity index (χ2v) is 7.58. The molecule has 0 spiro atoms. The zero-order valence-corrected chi connectivity index (χ0v) is 15.3. The van der Waals surface area contributed by atoms with E-state index in [2.05, 4.69) is 45.3 Å². The molecule has 0 aliphatic carbocycles. The molecule has 0 bridgehead atoms. The summed E-state index contributed by atoms with van der Waals surface area (Å²) < 4.78 is 0.962. The largest absolute Gasteiger partial charge is 0.390 e. The third-order valence-corrected chi connectivity index (χ3v) is 4.54. The molecule has 2 amide bonds. The predicted molar refractivity (Wildman–Crippen MR) is 96.6 cm³/mol. The van der Waals surface area contributed by atoms with Crippen LogP contribution in [0.15, 0.2) is 28.7 Å². The molecular weight excluding hydrogens is 358 g/mol. The molecule has 1 aliphatic heterocycles. The first-order valence-electron chi connectivity index (χ1n) is 8.13. The van der Waals surface area contributed by atoms with Crippen molar-refractivity contribution >= 4 is 27.6 Å². The van der Waals surface area contributed by atoms with Gasteiger partial charge in [0.25, 0.3) is 0 Å². The quantitative estimate of drug-likeness (QED) is 0.732. The van der Waals surface area contributed by atoms with Gasteiger partial charge in [0.2, 0.25) is 0 Å². The highest BCUT2D eigenvalue weighted by Gasteiger charge is 2.23. The van der Waals surface area contributed by atoms with Crippen LogP contribution in [0.3, 0.4) is 0 Å². The zero-order chi connectivity index (χ0) is 16.8. The number of amides is 2. The fraction of sp³-hybridized carbons (Fsp3) is 0.588. The number of aliphatic hydroxyl groups is 1. The summed E-state index contributed by atoms with van der Waals surface area (Å²) in [6, 6.07) is 7.06. The van der Waals surface area contributed by atoms with E-state index in [0.29, 0.717) is 18.4 Å². The van der Waals surface area contributed by atoms with Crippen LogP contribution >= 0.6 is 15.9 Å². The van der Waals surface area contributed by atoms with Crippen molar-refractivity contribution in [2.45, 2.75) is 26.4 Å². The standard InChI is InChI=1S/C17H26BrN3O2/c1-12-7-13(2)10-21(9-12)11-16(22)8-19-17(23)20-15-5-3-14(18)4-6-15/h3-6,12-13,16,22H,7-11H2,1-2H3,(H2,19,20,23). The van der Waals surface area contributed by atoms with Gasteiger partial charge in [0.1, 0.15) is 0 Å². The maximum Gasteiger partial charge on any atom is 0.319 e. The van der Waals surface area contributed by atoms with Crippen molar-refractivity contribution in [3.8, 4) is 0 Å². The van der Waals surface area contributed by atoms with Gasteiger partial charge in [0.15, 0.2) is 0 Å². The number of β-amino-alcohol motifs (C(OH)–C–C–N with tert-alkyl or cyclic N) is 1. The van der Waals surface area contributed by atoms with Crippen LogP contribution in [0.1, 0.15) is 20.3 Å². The first-order chi connectivity index (χ1) is 10.9. The first-order valence-corrected chi connectivity index (χ1v) is 8.92. The number of halogens is 1. The average Bonchev–Trinajstić information content (AvgIpc) is 2.46. The molecule has 6 heteroatoms. The third kappa shape index (κ3) is 6.49. The number of urea groups is 1. The molecule has 1 saturated heterocycles. The Morgan fingerprint density at radius 3 is 2.52 bits per heavy atom.